The summed E-state index contributed by atoms with van der Waals surface area (Å²) in [5.41, 5.74) is 0. The zero-order valence-electron chi connectivity index (χ0n) is 8.69. The Balaban J connectivity index is 2.12. The molecule has 1 rings (SSSR count). The van der Waals surface area contributed by atoms with Crippen LogP contribution in [0.4, 0.5) is 0 Å². The molecular weight excluding hydrogens is 248 g/mol. The molecule has 5 heteroatoms. The maximum Gasteiger partial charge on any atom is 0.304 e. The van der Waals surface area contributed by atoms with Crippen LogP contribution in [0.25, 0.3) is 0 Å². The number of hydrogen-bond donors (Lipinski definition) is 1. The number of ether oxygens (including phenoxy) is 1. The predicted octanol–water partition coefficient (Wildman–Crippen LogP) is 2.93. The summed E-state index contributed by atoms with van der Waals surface area (Å²) in [6.07, 6.45) is 0.191. The topological polar surface area (TPSA) is 46.5 Å². The van der Waals surface area contributed by atoms with Crippen LogP contribution >= 0.6 is 23.4 Å². The van der Waals surface area contributed by atoms with Gasteiger partial charge in [0.1, 0.15) is 5.75 Å². The minimum absolute atomic E-state index is 0.191. The van der Waals surface area contributed by atoms with E-state index < -0.39 is 5.97 Å². The third-order valence-corrected chi connectivity index (χ3v) is 3.04. The van der Waals surface area contributed by atoms with Crippen molar-refractivity contribution in [3.8, 4) is 5.75 Å². The molecule has 0 atom stereocenters. The van der Waals surface area contributed by atoms with E-state index in [1.54, 1.807) is 17.8 Å². The number of benzene rings is 1. The highest BCUT2D eigenvalue weighted by Gasteiger charge is 2.00. The van der Waals surface area contributed by atoms with Gasteiger partial charge in [0.15, 0.2) is 0 Å². The third-order valence-electron chi connectivity index (χ3n) is 1.78. The van der Waals surface area contributed by atoms with E-state index >= 15 is 0 Å². The molecule has 3 nitrogen and oxygen atoms in total. The van der Waals surface area contributed by atoms with Gasteiger partial charge in [0.2, 0.25) is 0 Å². The first kappa shape index (κ1) is 13.2. The summed E-state index contributed by atoms with van der Waals surface area (Å²) in [5.74, 6) is 1.28. The van der Waals surface area contributed by atoms with E-state index in [0.717, 1.165) is 5.75 Å². The Morgan fingerprint density at radius 3 is 2.81 bits per heavy atom. The first-order valence-electron chi connectivity index (χ1n) is 4.87. The molecule has 0 radical (unpaired) electrons. The van der Waals surface area contributed by atoms with Crippen molar-refractivity contribution in [3.05, 3.63) is 29.3 Å². The van der Waals surface area contributed by atoms with Gasteiger partial charge in [-0.25, -0.2) is 0 Å². The van der Waals surface area contributed by atoms with Gasteiger partial charge in [-0.05, 0) is 12.1 Å². The van der Waals surface area contributed by atoms with Gasteiger partial charge in [-0.2, -0.15) is 11.8 Å². The van der Waals surface area contributed by atoms with Crippen LogP contribution in [0.2, 0.25) is 5.02 Å². The molecule has 1 aromatic carbocycles. The third kappa shape index (κ3) is 5.28. The molecule has 0 spiro atoms. The highest BCUT2D eigenvalue weighted by atomic mass is 35.5. The Morgan fingerprint density at radius 1 is 1.38 bits per heavy atom. The van der Waals surface area contributed by atoms with Gasteiger partial charge in [0.25, 0.3) is 0 Å². The largest absolute Gasteiger partial charge is 0.491 e. The van der Waals surface area contributed by atoms with Gasteiger partial charge in [-0.15, -0.1) is 0 Å². The lowest BCUT2D eigenvalue weighted by atomic mass is 10.3. The van der Waals surface area contributed by atoms with Crippen LogP contribution in [-0.2, 0) is 4.79 Å². The highest BCUT2D eigenvalue weighted by molar-refractivity contribution is 7.99. The molecule has 0 aliphatic rings. The molecule has 1 N–H and O–H groups in total. The molecule has 1 aromatic rings. The first-order valence-corrected chi connectivity index (χ1v) is 6.40. The van der Waals surface area contributed by atoms with Crippen molar-refractivity contribution in [2.45, 2.75) is 6.42 Å². The van der Waals surface area contributed by atoms with Crippen LogP contribution in [0.3, 0.4) is 0 Å². The quantitative estimate of drug-likeness (QED) is 0.766. The second-order valence-electron chi connectivity index (χ2n) is 3.03. The number of carbonyl (C=O) groups is 1. The zero-order chi connectivity index (χ0) is 11.8. The van der Waals surface area contributed by atoms with Crippen LogP contribution in [0.5, 0.6) is 5.75 Å². The summed E-state index contributed by atoms with van der Waals surface area (Å²) in [4.78, 5) is 10.2. The van der Waals surface area contributed by atoms with Crippen LogP contribution in [0.15, 0.2) is 24.3 Å². The highest BCUT2D eigenvalue weighted by Crippen LogP contribution is 2.23. The fourth-order valence-electron chi connectivity index (χ4n) is 1.03. The molecule has 16 heavy (non-hydrogen) atoms. The van der Waals surface area contributed by atoms with E-state index in [1.165, 1.54) is 0 Å². The molecule has 0 aliphatic carbocycles. The van der Waals surface area contributed by atoms with Gasteiger partial charge in [0.05, 0.1) is 18.1 Å². The van der Waals surface area contributed by atoms with Gasteiger partial charge in [-0.1, -0.05) is 23.7 Å². The lowest BCUT2D eigenvalue weighted by molar-refractivity contribution is -0.136. The fourth-order valence-corrected chi connectivity index (χ4v) is 1.95. The first-order chi connectivity index (χ1) is 7.70. The maximum absolute atomic E-state index is 10.2. The van der Waals surface area contributed by atoms with Crippen molar-refractivity contribution < 1.29 is 14.6 Å². The smallest absolute Gasteiger partial charge is 0.304 e. The molecular formula is C11H13ClO3S. The van der Waals surface area contributed by atoms with Crippen LogP contribution < -0.4 is 4.74 Å². The van der Waals surface area contributed by atoms with Crippen molar-refractivity contribution >= 4 is 29.3 Å². The van der Waals surface area contributed by atoms with E-state index in [4.69, 9.17) is 21.4 Å². The summed E-state index contributed by atoms with van der Waals surface area (Å²) in [7, 11) is 0. The van der Waals surface area contributed by atoms with E-state index in [9.17, 15) is 4.79 Å². The lowest BCUT2D eigenvalue weighted by Gasteiger charge is -2.06. The van der Waals surface area contributed by atoms with Crippen molar-refractivity contribution in [2.24, 2.45) is 0 Å². The van der Waals surface area contributed by atoms with Gasteiger partial charge >= 0.3 is 5.97 Å². The second-order valence-corrected chi connectivity index (χ2v) is 4.67. The zero-order valence-corrected chi connectivity index (χ0v) is 10.3. The number of aliphatic carboxylic acids is 1. The van der Waals surface area contributed by atoms with E-state index in [-0.39, 0.29) is 6.42 Å². The molecule has 0 saturated heterocycles. The van der Waals surface area contributed by atoms with Crippen molar-refractivity contribution in [1.82, 2.24) is 0 Å². The van der Waals surface area contributed by atoms with Crippen LogP contribution in [0, 0.1) is 0 Å². The minimum atomic E-state index is -0.764. The summed E-state index contributed by atoms with van der Waals surface area (Å²) in [6.45, 7) is 0.536. The Kier molecular flexibility index (Phi) is 6.11. The average Bonchev–Trinajstić information content (AvgIpc) is 2.25. The molecule has 0 aromatic heterocycles. The second kappa shape index (κ2) is 7.41. The summed E-state index contributed by atoms with van der Waals surface area (Å²) < 4.78 is 5.44. The fraction of sp³-hybridized carbons (Fsp3) is 0.364. The van der Waals surface area contributed by atoms with Gasteiger partial charge in [-0.3, -0.25) is 4.79 Å². The van der Waals surface area contributed by atoms with Crippen LogP contribution in [-0.4, -0.2) is 29.2 Å². The van der Waals surface area contributed by atoms with Crippen molar-refractivity contribution in [2.75, 3.05) is 18.1 Å². The molecule has 0 fully saturated rings. The molecule has 88 valence electrons. The van der Waals surface area contributed by atoms with E-state index in [2.05, 4.69) is 0 Å². The summed E-state index contributed by atoms with van der Waals surface area (Å²) in [6, 6.07) is 7.29. The Labute approximate surface area is 104 Å². The minimum Gasteiger partial charge on any atom is -0.491 e. The van der Waals surface area contributed by atoms with E-state index in [1.807, 2.05) is 18.2 Å². The number of hydrogen-bond acceptors (Lipinski definition) is 3. The SMILES string of the molecule is O=C(O)CCSCCOc1ccccc1Cl. The predicted molar refractivity (Wildman–Crippen MR) is 66.5 cm³/mol. The molecule has 0 saturated carbocycles. The molecule has 0 heterocycles. The normalized spacial score (nSPS) is 10.1. The van der Waals surface area contributed by atoms with Gasteiger partial charge < -0.3 is 9.84 Å². The average molecular weight is 261 g/mol. The number of carboxylic acids is 1. The Hall–Kier alpha value is -0.870. The standard InChI is InChI=1S/C11H13ClO3S/c12-9-3-1-2-4-10(9)15-6-8-16-7-5-11(13)14/h1-4H,5-8H2,(H,13,14). The maximum atomic E-state index is 10.2. The van der Waals surface area contributed by atoms with Gasteiger partial charge in [0, 0.05) is 11.5 Å². The molecule has 0 amide bonds. The molecule has 0 bridgehead atoms. The van der Waals surface area contributed by atoms with Crippen molar-refractivity contribution in [3.63, 3.8) is 0 Å². The summed E-state index contributed by atoms with van der Waals surface area (Å²) in [5, 5.41) is 9.02. The number of carboxylic acid groups (broad SMARTS) is 1. The molecule has 0 unspecified atom stereocenters. The number of para-hydroxylation sites is 1. The Morgan fingerprint density at radius 2 is 2.12 bits per heavy atom. The Bertz CT molecular complexity index is 344. The number of thioether (sulfide) groups is 1. The summed E-state index contributed by atoms with van der Waals surface area (Å²) >= 11 is 7.45. The van der Waals surface area contributed by atoms with Crippen LogP contribution in [0.1, 0.15) is 6.42 Å². The lowest BCUT2D eigenvalue weighted by Crippen LogP contribution is -2.02. The number of halogens is 1. The van der Waals surface area contributed by atoms with E-state index in [0.29, 0.717) is 23.1 Å². The number of rotatable bonds is 7. The van der Waals surface area contributed by atoms with Crippen molar-refractivity contribution in [1.29, 1.82) is 0 Å². The monoisotopic (exact) mass is 260 g/mol. The molecule has 0 aliphatic heterocycles.